The number of hydrogen-bond donors (Lipinski definition) is 0. The summed E-state index contributed by atoms with van der Waals surface area (Å²) in [5.74, 6) is 1.76. The van der Waals surface area contributed by atoms with Crippen molar-refractivity contribution in [2.24, 2.45) is 23.2 Å². The van der Waals surface area contributed by atoms with Gasteiger partial charge in [-0.15, -0.1) is 0 Å². The average molecular weight is 226 g/mol. The van der Waals surface area contributed by atoms with Crippen molar-refractivity contribution in [3.05, 3.63) is 0 Å². The molecule has 0 heterocycles. The molecule has 2 aliphatic carbocycles. The number of Topliss-reactive ketones (excluding diaryl/α,β-unsaturated/α-hetero) is 1. The second-order valence-electron chi connectivity index (χ2n) is 6.02. The lowest BCUT2D eigenvalue weighted by atomic mass is 9.62. The van der Waals surface area contributed by atoms with E-state index in [1.165, 1.54) is 6.42 Å². The Morgan fingerprint density at radius 2 is 2.25 bits per heavy atom. The average Bonchev–Trinajstić information content (AvgIpc) is 2.57. The van der Waals surface area contributed by atoms with E-state index in [1.807, 2.05) is 0 Å². The van der Waals surface area contributed by atoms with Gasteiger partial charge in [0.05, 0.1) is 6.67 Å². The molecule has 0 radical (unpaired) electrons. The van der Waals surface area contributed by atoms with Crippen molar-refractivity contribution >= 4 is 5.78 Å². The van der Waals surface area contributed by atoms with Gasteiger partial charge in [0.15, 0.2) is 0 Å². The molecule has 0 bridgehead atoms. The Morgan fingerprint density at radius 1 is 1.50 bits per heavy atom. The van der Waals surface area contributed by atoms with Crippen LogP contribution in [0, 0.1) is 23.2 Å². The smallest absolute Gasteiger partial charge is 0.136 e. The number of carbonyl (C=O) groups is 1. The van der Waals surface area contributed by atoms with Gasteiger partial charge in [-0.25, -0.2) is 0 Å². The van der Waals surface area contributed by atoms with Crippen LogP contribution >= 0.6 is 0 Å². The summed E-state index contributed by atoms with van der Waals surface area (Å²) in [7, 11) is 0. The van der Waals surface area contributed by atoms with Gasteiger partial charge in [0.1, 0.15) is 5.78 Å². The third kappa shape index (κ3) is 1.80. The van der Waals surface area contributed by atoms with Crippen LogP contribution in [0.5, 0.6) is 0 Å². The Kier molecular flexibility index (Phi) is 3.37. The van der Waals surface area contributed by atoms with Gasteiger partial charge in [0, 0.05) is 12.3 Å². The van der Waals surface area contributed by atoms with Crippen LogP contribution < -0.4 is 0 Å². The van der Waals surface area contributed by atoms with Crippen LogP contribution in [0.25, 0.3) is 0 Å². The third-order valence-electron chi connectivity index (χ3n) is 5.19. The standard InChI is InChI=1S/C14H23FO/c1-10(7-9-15)11-5-6-12-13(16)4-3-8-14(11,12)2/h10-12H,3-9H2,1-2H3/t10-,11?,12+,14-/m1/s1. The van der Waals surface area contributed by atoms with Crippen molar-refractivity contribution in [1.29, 1.82) is 0 Å². The maximum Gasteiger partial charge on any atom is 0.136 e. The zero-order chi connectivity index (χ0) is 11.8. The minimum absolute atomic E-state index is 0.184. The molecule has 16 heavy (non-hydrogen) atoms. The fourth-order valence-corrected chi connectivity index (χ4v) is 4.28. The lowest BCUT2D eigenvalue weighted by molar-refractivity contribution is -0.130. The van der Waals surface area contributed by atoms with Gasteiger partial charge < -0.3 is 0 Å². The van der Waals surface area contributed by atoms with E-state index >= 15 is 0 Å². The van der Waals surface area contributed by atoms with Gasteiger partial charge in [-0.2, -0.15) is 0 Å². The minimum atomic E-state index is -0.216. The van der Waals surface area contributed by atoms with Gasteiger partial charge in [-0.05, 0) is 49.4 Å². The molecule has 2 aliphatic rings. The second-order valence-corrected chi connectivity index (χ2v) is 6.02. The molecular weight excluding hydrogens is 203 g/mol. The lowest BCUT2D eigenvalue weighted by Gasteiger charge is -2.42. The molecule has 0 N–H and O–H groups in total. The Balaban J connectivity index is 2.14. The molecule has 0 aromatic rings. The molecule has 1 nitrogen and oxygen atoms in total. The second kappa shape index (κ2) is 4.46. The molecule has 0 aromatic heterocycles. The van der Waals surface area contributed by atoms with E-state index in [-0.39, 0.29) is 18.0 Å². The first kappa shape index (κ1) is 12.1. The van der Waals surface area contributed by atoms with Gasteiger partial charge >= 0.3 is 0 Å². The largest absolute Gasteiger partial charge is 0.299 e. The Hall–Kier alpha value is -0.400. The van der Waals surface area contributed by atoms with Crippen LogP contribution in [-0.2, 0) is 4.79 Å². The molecule has 0 saturated heterocycles. The first-order valence-electron chi connectivity index (χ1n) is 6.68. The lowest BCUT2D eigenvalue weighted by Crippen LogP contribution is -2.39. The summed E-state index contributed by atoms with van der Waals surface area (Å²) in [5, 5.41) is 0. The predicted molar refractivity (Wildman–Crippen MR) is 62.9 cm³/mol. The summed E-state index contributed by atoms with van der Waals surface area (Å²) in [5.41, 5.74) is 0.184. The molecule has 0 spiro atoms. The van der Waals surface area contributed by atoms with E-state index in [1.54, 1.807) is 0 Å². The topological polar surface area (TPSA) is 17.1 Å². The van der Waals surface area contributed by atoms with Crippen LogP contribution in [0.2, 0.25) is 0 Å². The van der Waals surface area contributed by atoms with E-state index < -0.39 is 0 Å². The highest BCUT2D eigenvalue weighted by Gasteiger charge is 2.52. The Labute approximate surface area is 97.8 Å². The Bertz CT molecular complexity index is 276. The molecule has 0 aliphatic heterocycles. The molecule has 0 aromatic carbocycles. The minimum Gasteiger partial charge on any atom is -0.299 e. The SMILES string of the molecule is C[C@H](CCF)C1CC[C@H]2C(=O)CCC[C@]12C. The highest BCUT2D eigenvalue weighted by molar-refractivity contribution is 5.83. The third-order valence-corrected chi connectivity index (χ3v) is 5.19. The summed E-state index contributed by atoms with van der Waals surface area (Å²) >= 11 is 0. The number of alkyl halides is 1. The molecular formula is C14H23FO. The van der Waals surface area contributed by atoms with E-state index in [0.29, 0.717) is 24.0 Å². The summed E-state index contributed by atoms with van der Waals surface area (Å²) < 4.78 is 12.5. The van der Waals surface area contributed by atoms with Crippen molar-refractivity contribution in [2.75, 3.05) is 6.67 Å². The highest BCUT2D eigenvalue weighted by atomic mass is 19.1. The normalized spacial score (nSPS) is 40.8. The van der Waals surface area contributed by atoms with Crippen LogP contribution in [-0.4, -0.2) is 12.5 Å². The monoisotopic (exact) mass is 226 g/mol. The van der Waals surface area contributed by atoms with E-state index in [0.717, 1.165) is 25.7 Å². The number of ketones is 1. The quantitative estimate of drug-likeness (QED) is 0.716. The first-order chi connectivity index (χ1) is 7.59. The zero-order valence-electron chi connectivity index (χ0n) is 10.5. The number of hydrogen-bond acceptors (Lipinski definition) is 1. The van der Waals surface area contributed by atoms with Gasteiger partial charge in [0.2, 0.25) is 0 Å². The number of fused-ring (bicyclic) bond motifs is 1. The van der Waals surface area contributed by atoms with E-state index in [4.69, 9.17) is 0 Å². The predicted octanol–water partition coefficient (Wildman–Crippen LogP) is 3.77. The fourth-order valence-electron chi connectivity index (χ4n) is 4.28. The maximum atomic E-state index is 12.5. The number of rotatable bonds is 3. The van der Waals surface area contributed by atoms with Gasteiger partial charge in [-0.3, -0.25) is 9.18 Å². The van der Waals surface area contributed by atoms with Crippen LogP contribution in [0.15, 0.2) is 0 Å². The van der Waals surface area contributed by atoms with Crippen LogP contribution in [0.4, 0.5) is 4.39 Å². The molecule has 2 fully saturated rings. The summed E-state index contributed by atoms with van der Waals surface area (Å²) in [6.07, 6.45) is 5.85. The number of carbonyl (C=O) groups excluding carboxylic acids is 1. The summed E-state index contributed by atoms with van der Waals surface area (Å²) in [6.45, 7) is 4.23. The molecule has 1 unspecified atom stereocenters. The highest BCUT2D eigenvalue weighted by Crippen LogP contribution is 2.56. The molecule has 2 heteroatoms. The van der Waals surface area contributed by atoms with E-state index in [2.05, 4.69) is 13.8 Å². The van der Waals surface area contributed by atoms with Gasteiger partial charge in [0.25, 0.3) is 0 Å². The summed E-state index contributed by atoms with van der Waals surface area (Å²) in [6, 6.07) is 0. The van der Waals surface area contributed by atoms with Crippen molar-refractivity contribution in [3.63, 3.8) is 0 Å². The van der Waals surface area contributed by atoms with Crippen molar-refractivity contribution in [3.8, 4) is 0 Å². The van der Waals surface area contributed by atoms with Crippen molar-refractivity contribution in [2.45, 2.75) is 52.4 Å². The number of halogens is 1. The zero-order valence-corrected chi connectivity index (χ0v) is 10.5. The molecule has 2 rings (SSSR count). The van der Waals surface area contributed by atoms with Crippen molar-refractivity contribution in [1.82, 2.24) is 0 Å². The van der Waals surface area contributed by atoms with E-state index in [9.17, 15) is 9.18 Å². The fraction of sp³-hybridized carbons (Fsp3) is 0.929. The molecule has 4 atom stereocenters. The molecule has 92 valence electrons. The van der Waals surface area contributed by atoms with Crippen LogP contribution in [0.1, 0.15) is 52.4 Å². The molecule has 0 amide bonds. The molecule has 2 saturated carbocycles. The van der Waals surface area contributed by atoms with Crippen LogP contribution in [0.3, 0.4) is 0 Å². The maximum absolute atomic E-state index is 12.5. The van der Waals surface area contributed by atoms with Gasteiger partial charge in [-0.1, -0.05) is 13.8 Å². The van der Waals surface area contributed by atoms with Crippen molar-refractivity contribution < 1.29 is 9.18 Å². The Morgan fingerprint density at radius 3 is 2.94 bits per heavy atom. The first-order valence-corrected chi connectivity index (χ1v) is 6.68. The summed E-state index contributed by atoms with van der Waals surface area (Å²) in [4.78, 5) is 11.9.